The SMILES string of the molecule is COc1ccc(NC(=O)c2ccc(-c3ccccc3)[nH]c2=O)c([N+](=O)[O-])c1. The molecule has 2 N–H and O–H groups in total. The number of nitro groups is 1. The Morgan fingerprint density at radius 2 is 1.85 bits per heavy atom. The van der Waals surface area contributed by atoms with Crippen LogP contribution < -0.4 is 15.6 Å². The molecule has 3 aromatic rings. The summed E-state index contributed by atoms with van der Waals surface area (Å²) in [4.78, 5) is 37.9. The fraction of sp³-hybridized carbons (Fsp3) is 0.0526. The summed E-state index contributed by atoms with van der Waals surface area (Å²) in [7, 11) is 1.38. The van der Waals surface area contributed by atoms with Crippen LogP contribution in [-0.4, -0.2) is 22.9 Å². The number of anilines is 1. The third-order valence-electron chi connectivity index (χ3n) is 3.89. The number of aromatic amines is 1. The quantitative estimate of drug-likeness (QED) is 0.532. The molecule has 0 aliphatic heterocycles. The number of rotatable bonds is 5. The number of hydrogen-bond donors (Lipinski definition) is 2. The van der Waals surface area contributed by atoms with Crippen LogP contribution in [0.2, 0.25) is 0 Å². The number of H-pyrrole nitrogens is 1. The Kier molecular flexibility index (Phi) is 4.98. The molecule has 0 saturated carbocycles. The van der Waals surface area contributed by atoms with Crippen LogP contribution in [0.15, 0.2) is 65.5 Å². The maximum Gasteiger partial charge on any atom is 0.296 e. The lowest BCUT2D eigenvalue weighted by Crippen LogP contribution is -2.23. The Morgan fingerprint density at radius 1 is 1.11 bits per heavy atom. The Balaban J connectivity index is 1.89. The Bertz CT molecular complexity index is 1060. The van der Waals surface area contributed by atoms with E-state index in [2.05, 4.69) is 10.3 Å². The third kappa shape index (κ3) is 3.84. The number of benzene rings is 2. The lowest BCUT2D eigenvalue weighted by atomic mass is 10.1. The molecule has 0 atom stereocenters. The molecule has 0 saturated heterocycles. The first-order chi connectivity index (χ1) is 13.0. The summed E-state index contributed by atoms with van der Waals surface area (Å²) >= 11 is 0. The van der Waals surface area contributed by atoms with Gasteiger partial charge in [0.1, 0.15) is 17.0 Å². The molecule has 136 valence electrons. The Labute approximate surface area is 153 Å². The van der Waals surface area contributed by atoms with Crippen LogP contribution in [0.5, 0.6) is 5.75 Å². The van der Waals surface area contributed by atoms with Gasteiger partial charge in [-0.25, -0.2) is 0 Å². The number of nitro benzene ring substituents is 1. The van der Waals surface area contributed by atoms with Crippen LogP contribution in [0.3, 0.4) is 0 Å². The van der Waals surface area contributed by atoms with E-state index in [0.29, 0.717) is 5.69 Å². The van der Waals surface area contributed by atoms with Crippen molar-refractivity contribution in [3.8, 4) is 17.0 Å². The van der Waals surface area contributed by atoms with E-state index in [4.69, 9.17) is 4.74 Å². The van der Waals surface area contributed by atoms with Gasteiger partial charge in [0.25, 0.3) is 17.2 Å². The highest BCUT2D eigenvalue weighted by Crippen LogP contribution is 2.29. The van der Waals surface area contributed by atoms with Gasteiger partial charge in [0.2, 0.25) is 0 Å². The minimum Gasteiger partial charge on any atom is -0.496 e. The van der Waals surface area contributed by atoms with Crippen molar-refractivity contribution in [3.63, 3.8) is 0 Å². The summed E-state index contributed by atoms with van der Waals surface area (Å²) in [6, 6.07) is 16.2. The summed E-state index contributed by atoms with van der Waals surface area (Å²) in [5, 5.41) is 13.6. The van der Waals surface area contributed by atoms with E-state index in [-0.39, 0.29) is 22.7 Å². The molecule has 1 heterocycles. The van der Waals surface area contributed by atoms with Crippen molar-refractivity contribution in [2.24, 2.45) is 0 Å². The number of carbonyl (C=O) groups excluding carboxylic acids is 1. The molecule has 1 amide bonds. The summed E-state index contributed by atoms with van der Waals surface area (Å²) < 4.78 is 4.95. The Morgan fingerprint density at radius 3 is 2.48 bits per heavy atom. The molecule has 8 heteroatoms. The van der Waals surface area contributed by atoms with Gasteiger partial charge in [-0.1, -0.05) is 30.3 Å². The molecule has 27 heavy (non-hydrogen) atoms. The molecule has 0 spiro atoms. The summed E-state index contributed by atoms with van der Waals surface area (Å²) in [6.45, 7) is 0. The molecular weight excluding hydrogens is 350 g/mol. The van der Waals surface area contributed by atoms with Crippen LogP contribution in [0.25, 0.3) is 11.3 Å². The normalized spacial score (nSPS) is 10.3. The minimum absolute atomic E-state index is 0.0302. The van der Waals surface area contributed by atoms with E-state index in [1.807, 2.05) is 30.3 Å². The number of pyridine rings is 1. The number of aromatic nitrogens is 1. The molecule has 0 bridgehead atoms. The van der Waals surface area contributed by atoms with Crippen LogP contribution >= 0.6 is 0 Å². The standard InChI is InChI=1S/C19H15N3O5/c1-27-13-7-9-16(17(11-13)22(25)26)21-19(24)14-8-10-15(20-18(14)23)12-5-3-2-4-6-12/h2-11H,1H3,(H,20,23)(H,21,24). The second-order valence-electron chi connectivity index (χ2n) is 5.58. The van der Waals surface area contributed by atoms with Gasteiger partial charge in [-0.2, -0.15) is 0 Å². The summed E-state index contributed by atoms with van der Waals surface area (Å²) in [6.07, 6.45) is 0. The smallest absolute Gasteiger partial charge is 0.296 e. The number of hydrogen-bond acceptors (Lipinski definition) is 5. The number of amides is 1. The van der Waals surface area contributed by atoms with E-state index in [0.717, 1.165) is 5.56 Å². The predicted molar refractivity (Wildman–Crippen MR) is 100 cm³/mol. The first-order valence-corrected chi connectivity index (χ1v) is 7.92. The lowest BCUT2D eigenvalue weighted by molar-refractivity contribution is -0.384. The van der Waals surface area contributed by atoms with Crippen LogP contribution in [-0.2, 0) is 0 Å². The number of methoxy groups -OCH3 is 1. The van der Waals surface area contributed by atoms with Gasteiger partial charge in [-0.15, -0.1) is 0 Å². The molecule has 2 aromatic carbocycles. The van der Waals surface area contributed by atoms with E-state index in [9.17, 15) is 19.7 Å². The van der Waals surface area contributed by atoms with Crippen LogP contribution in [0, 0.1) is 10.1 Å². The molecule has 3 rings (SSSR count). The Hall–Kier alpha value is -3.94. The fourth-order valence-electron chi connectivity index (χ4n) is 2.52. The summed E-state index contributed by atoms with van der Waals surface area (Å²) in [5.74, 6) is -0.464. The van der Waals surface area contributed by atoms with Gasteiger partial charge in [-0.05, 0) is 29.8 Å². The molecule has 0 radical (unpaired) electrons. The van der Waals surface area contributed by atoms with Gasteiger partial charge in [-0.3, -0.25) is 19.7 Å². The average Bonchev–Trinajstić information content (AvgIpc) is 2.68. The van der Waals surface area contributed by atoms with Gasteiger partial charge in [0.15, 0.2) is 0 Å². The molecule has 0 aliphatic rings. The van der Waals surface area contributed by atoms with Crippen LogP contribution in [0.4, 0.5) is 11.4 Å². The van der Waals surface area contributed by atoms with Crippen molar-refractivity contribution in [3.05, 3.63) is 86.7 Å². The van der Waals surface area contributed by atoms with Crippen molar-refractivity contribution in [2.45, 2.75) is 0 Å². The highest BCUT2D eigenvalue weighted by molar-refractivity contribution is 6.05. The van der Waals surface area contributed by atoms with Crippen molar-refractivity contribution in [2.75, 3.05) is 12.4 Å². The highest BCUT2D eigenvalue weighted by Gasteiger charge is 2.19. The zero-order valence-corrected chi connectivity index (χ0v) is 14.3. The first-order valence-electron chi connectivity index (χ1n) is 7.92. The number of nitrogens with one attached hydrogen (secondary N) is 2. The highest BCUT2D eigenvalue weighted by atomic mass is 16.6. The molecule has 8 nitrogen and oxygen atoms in total. The number of ether oxygens (including phenoxy) is 1. The first kappa shape index (κ1) is 17.9. The lowest BCUT2D eigenvalue weighted by Gasteiger charge is -2.08. The van der Waals surface area contributed by atoms with Crippen molar-refractivity contribution < 1.29 is 14.5 Å². The molecule has 0 fully saturated rings. The number of nitrogens with zero attached hydrogens (tertiary/aromatic N) is 1. The molecule has 0 unspecified atom stereocenters. The fourth-order valence-corrected chi connectivity index (χ4v) is 2.52. The van der Waals surface area contributed by atoms with Crippen LogP contribution in [0.1, 0.15) is 10.4 Å². The van der Waals surface area contributed by atoms with Gasteiger partial charge in [0.05, 0.1) is 18.1 Å². The van der Waals surface area contributed by atoms with Gasteiger partial charge < -0.3 is 15.0 Å². The largest absolute Gasteiger partial charge is 0.496 e. The zero-order chi connectivity index (χ0) is 19.4. The maximum absolute atomic E-state index is 12.4. The van der Waals surface area contributed by atoms with Gasteiger partial charge >= 0.3 is 0 Å². The monoisotopic (exact) mass is 365 g/mol. The van der Waals surface area contributed by atoms with Crippen molar-refractivity contribution in [1.82, 2.24) is 4.98 Å². The van der Waals surface area contributed by atoms with E-state index < -0.39 is 16.4 Å². The molecule has 1 aromatic heterocycles. The second-order valence-corrected chi connectivity index (χ2v) is 5.58. The van der Waals surface area contributed by atoms with Gasteiger partial charge in [0, 0.05) is 5.69 Å². The van der Waals surface area contributed by atoms with Crippen molar-refractivity contribution >= 4 is 17.3 Å². The minimum atomic E-state index is -0.746. The summed E-state index contributed by atoms with van der Waals surface area (Å²) in [5.41, 5.74) is 0.252. The second kappa shape index (κ2) is 7.52. The topological polar surface area (TPSA) is 114 Å². The number of carbonyl (C=O) groups is 1. The predicted octanol–water partition coefficient (Wildman–Crippen LogP) is 3.21. The average molecular weight is 365 g/mol. The van der Waals surface area contributed by atoms with E-state index >= 15 is 0 Å². The molecule has 0 aliphatic carbocycles. The van der Waals surface area contributed by atoms with E-state index in [1.54, 1.807) is 6.07 Å². The maximum atomic E-state index is 12.4. The zero-order valence-electron chi connectivity index (χ0n) is 14.3. The van der Waals surface area contributed by atoms with Crippen molar-refractivity contribution in [1.29, 1.82) is 0 Å². The van der Waals surface area contributed by atoms with E-state index in [1.165, 1.54) is 31.4 Å². The third-order valence-corrected chi connectivity index (χ3v) is 3.89. The molecular formula is C19H15N3O5.